The van der Waals surface area contributed by atoms with Gasteiger partial charge in [-0.3, -0.25) is 4.90 Å². The molecule has 5 rings (SSSR count). The van der Waals surface area contributed by atoms with Gasteiger partial charge in [-0.2, -0.15) is 0 Å². The highest BCUT2D eigenvalue weighted by Crippen LogP contribution is 2.40. The molecule has 34 heavy (non-hydrogen) atoms. The molecule has 6 nitrogen and oxygen atoms in total. The summed E-state index contributed by atoms with van der Waals surface area (Å²) in [5.41, 5.74) is 3.49. The van der Waals surface area contributed by atoms with Gasteiger partial charge in [0.05, 0.1) is 12.6 Å². The van der Waals surface area contributed by atoms with Crippen LogP contribution in [-0.4, -0.2) is 44.5 Å². The van der Waals surface area contributed by atoms with E-state index in [1.807, 2.05) is 37.3 Å². The van der Waals surface area contributed by atoms with Crippen molar-refractivity contribution in [1.29, 1.82) is 0 Å². The van der Waals surface area contributed by atoms with Crippen LogP contribution in [0.15, 0.2) is 66.7 Å². The quantitative estimate of drug-likeness (QED) is 0.522. The minimum Gasteiger partial charge on any atom is -0.490 e. The summed E-state index contributed by atoms with van der Waals surface area (Å²) in [7, 11) is 0. The molecule has 0 radical (unpaired) electrons. The molecule has 3 aromatic carbocycles. The van der Waals surface area contributed by atoms with Crippen LogP contribution in [0.1, 0.15) is 36.1 Å². The summed E-state index contributed by atoms with van der Waals surface area (Å²) in [4.78, 5) is 2.53. The third-order valence-corrected chi connectivity index (χ3v) is 6.27. The lowest BCUT2D eigenvalue weighted by molar-refractivity contribution is 0.173. The fraction of sp³-hybridized carbons (Fsp3) is 0.357. The molecule has 3 aromatic rings. The smallest absolute Gasteiger partial charge is 0.231 e. The minimum absolute atomic E-state index is 0.0804. The Bertz CT molecular complexity index is 1080. The Labute approximate surface area is 201 Å². The van der Waals surface area contributed by atoms with Crippen molar-refractivity contribution >= 4 is 0 Å². The third-order valence-electron chi connectivity index (χ3n) is 6.27. The molecule has 0 spiro atoms. The monoisotopic (exact) mass is 460 g/mol. The molecule has 1 atom stereocenters. The average molecular weight is 461 g/mol. The van der Waals surface area contributed by atoms with E-state index in [4.69, 9.17) is 18.9 Å². The maximum Gasteiger partial charge on any atom is 0.231 e. The van der Waals surface area contributed by atoms with E-state index in [1.165, 1.54) is 11.1 Å². The number of hydrogen-bond donors (Lipinski definition) is 1. The molecule has 6 heteroatoms. The van der Waals surface area contributed by atoms with Crippen LogP contribution in [0.2, 0.25) is 0 Å². The van der Waals surface area contributed by atoms with Crippen LogP contribution in [0, 0.1) is 0 Å². The first kappa shape index (κ1) is 22.6. The van der Waals surface area contributed by atoms with E-state index < -0.39 is 0 Å². The average Bonchev–Trinajstić information content (AvgIpc) is 3.18. The Hall–Kier alpha value is -3.22. The van der Waals surface area contributed by atoms with E-state index in [0.29, 0.717) is 13.2 Å². The van der Waals surface area contributed by atoms with Gasteiger partial charge in [0, 0.05) is 19.6 Å². The number of nitrogens with zero attached hydrogens (tertiary/aromatic N) is 1. The standard InChI is InChI=1S/C28H32N2O4/c1-2-31-26-17-22(9-11-24(26)32-19-21-7-4-3-5-8-21)28(30-15-6-13-29-14-16-30)23-10-12-25-27(18-23)34-20-33-25/h3-5,7-12,17-18,28-29H,2,6,13-16,19-20H2,1H3. The lowest BCUT2D eigenvalue weighted by Crippen LogP contribution is -2.33. The zero-order valence-corrected chi connectivity index (χ0v) is 19.7. The second-order valence-corrected chi connectivity index (χ2v) is 8.57. The molecule has 0 aromatic heterocycles. The number of fused-ring (bicyclic) bond motifs is 1. The van der Waals surface area contributed by atoms with Gasteiger partial charge in [-0.25, -0.2) is 0 Å². The van der Waals surface area contributed by atoms with Crippen LogP contribution >= 0.6 is 0 Å². The highest BCUT2D eigenvalue weighted by atomic mass is 16.7. The molecule has 0 saturated carbocycles. The Balaban J connectivity index is 1.47. The van der Waals surface area contributed by atoms with Gasteiger partial charge in [-0.1, -0.05) is 42.5 Å². The first-order chi connectivity index (χ1) is 16.8. The van der Waals surface area contributed by atoms with Crippen molar-refractivity contribution < 1.29 is 18.9 Å². The number of ether oxygens (including phenoxy) is 4. The molecule has 2 aliphatic heterocycles. The SMILES string of the molecule is CCOc1cc(C(c2ccc3c(c2)OCO3)N2CCCNCC2)ccc1OCc1ccccc1. The first-order valence-electron chi connectivity index (χ1n) is 12.1. The predicted molar refractivity (Wildman–Crippen MR) is 132 cm³/mol. The summed E-state index contributed by atoms with van der Waals surface area (Å²) < 4.78 is 23.4. The summed E-state index contributed by atoms with van der Waals surface area (Å²) in [5.74, 6) is 3.15. The summed E-state index contributed by atoms with van der Waals surface area (Å²) in [6, 6.07) is 22.9. The van der Waals surface area contributed by atoms with Crippen molar-refractivity contribution in [3.05, 3.63) is 83.4 Å². The molecule has 0 amide bonds. The lowest BCUT2D eigenvalue weighted by Gasteiger charge is -2.32. The largest absolute Gasteiger partial charge is 0.490 e. The summed E-state index contributed by atoms with van der Waals surface area (Å²) >= 11 is 0. The maximum atomic E-state index is 6.16. The molecular weight excluding hydrogens is 428 g/mol. The van der Waals surface area contributed by atoms with E-state index in [9.17, 15) is 0 Å². The van der Waals surface area contributed by atoms with Crippen LogP contribution in [0.5, 0.6) is 23.0 Å². The van der Waals surface area contributed by atoms with Crippen LogP contribution < -0.4 is 24.3 Å². The van der Waals surface area contributed by atoms with Crippen molar-refractivity contribution in [1.82, 2.24) is 10.2 Å². The van der Waals surface area contributed by atoms with Gasteiger partial charge in [-0.15, -0.1) is 0 Å². The van der Waals surface area contributed by atoms with Crippen LogP contribution in [0.4, 0.5) is 0 Å². The molecule has 2 heterocycles. The highest BCUT2D eigenvalue weighted by molar-refractivity contribution is 5.50. The molecule has 0 aliphatic carbocycles. The molecule has 1 saturated heterocycles. The fourth-order valence-corrected chi connectivity index (χ4v) is 4.64. The molecule has 2 aliphatic rings. The van der Waals surface area contributed by atoms with E-state index in [1.54, 1.807) is 0 Å². The van der Waals surface area contributed by atoms with Crippen LogP contribution in [-0.2, 0) is 6.61 Å². The zero-order chi connectivity index (χ0) is 23.2. The second kappa shape index (κ2) is 10.8. The normalized spacial score (nSPS) is 16.6. The molecule has 1 N–H and O–H groups in total. The fourth-order valence-electron chi connectivity index (χ4n) is 4.64. The molecule has 1 unspecified atom stereocenters. The Kier molecular flexibility index (Phi) is 7.17. The van der Waals surface area contributed by atoms with E-state index in [0.717, 1.165) is 61.2 Å². The minimum atomic E-state index is 0.0804. The van der Waals surface area contributed by atoms with Crippen molar-refractivity contribution in [2.45, 2.75) is 26.0 Å². The summed E-state index contributed by atoms with van der Waals surface area (Å²) in [6.45, 7) is 7.36. The zero-order valence-electron chi connectivity index (χ0n) is 19.7. The number of hydrogen-bond acceptors (Lipinski definition) is 6. The number of benzene rings is 3. The van der Waals surface area contributed by atoms with Gasteiger partial charge in [0.25, 0.3) is 0 Å². The van der Waals surface area contributed by atoms with Crippen molar-refractivity contribution in [3.63, 3.8) is 0 Å². The van der Waals surface area contributed by atoms with E-state index in [2.05, 4.69) is 46.6 Å². The van der Waals surface area contributed by atoms with Crippen molar-refractivity contribution in [3.8, 4) is 23.0 Å². The maximum absolute atomic E-state index is 6.16. The van der Waals surface area contributed by atoms with Gasteiger partial charge >= 0.3 is 0 Å². The van der Waals surface area contributed by atoms with Gasteiger partial charge in [0.15, 0.2) is 23.0 Å². The van der Waals surface area contributed by atoms with E-state index in [-0.39, 0.29) is 12.8 Å². The third kappa shape index (κ3) is 5.13. The van der Waals surface area contributed by atoms with Gasteiger partial charge in [0.2, 0.25) is 6.79 Å². The topological polar surface area (TPSA) is 52.2 Å². The Morgan fingerprint density at radius 2 is 1.68 bits per heavy atom. The summed E-state index contributed by atoms with van der Waals surface area (Å²) in [6.07, 6.45) is 1.11. The first-order valence-corrected chi connectivity index (χ1v) is 12.1. The molecule has 1 fully saturated rings. The Morgan fingerprint density at radius 1 is 0.853 bits per heavy atom. The summed E-state index contributed by atoms with van der Waals surface area (Å²) in [5, 5.41) is 3.52. The predicted octanol–water partition coefficient (Wildman–Crippen LogP) is 4.78. The van der Waals surface area contributed by atoms with Gasteiger partial charge < -0.3 is 24.3 Å². The number of rotatable bonds is 8. The van der Waals surface area contributed by atoms with Crippen molar-refractivity contribution in [2.75, 3.05) is 39.6 Å². The highest BCUT2D eigenvalue weighted by Gasteiger charge is 2.26. The second-order valence-electron chi connectivity index (χ2n) is 8.57. The molecule has 178 valence electrons. The molecular formula is C28H32N2O4. The Morgan fingerprint density at radius 3 is 2.56 bits per heavy atom. The van der Waals surface area contributed by atoms with Crippen LogP contribution in [0.3, 0.4) is 0 Å². The lowest BCUT2D eigenvalue weighted by atomic mass is 9.95. The van der Waals surface area contributed by atoms with E-state index >= 15 is 0 Å². The van der Waals surface area contributed by atoms with Gasteiger partial charge in [-0.05, 0) is 60.8 Å². The molecule has 0 bridgehead atoms. The number of nitrogens with one attached hydrogen (secondary N) is 1. The van der Waals surface area contributed by atoms with Crippen molar-refractivity contribution in [2.24, 2.45) is 0 Å². The van der Waals surface area contributed by atoms with Gasteiger partial charge in [0.1, 0.15) is 6.61 Å². The van der Waals surface area contributed by atoms with Crippen LogP contribution in [0.25, 0.3) is 0 Å².